The number of fused-ring (bicyclic) bond motifs is 1. The average Bonchev–Trinajstić information content (AvgIpc) is 2.49. The van der Waals surface area contributed by atoms with Crippen LogP contribution in [0.15, 0.2) is 29.0 Å². The molecule has 0 aliphatic rings. The van der Waals surface area contributed by atoms with E-state index in [9.17, 15) is 4.79 Å². The Bertz CT molecular complexity index is 447. The summed E-state index contributed by atoms with van der Waals surface area (Å²) in [5.74, 6) is 0.136. The molecule has 0 spiro atoms. The van der Waals surface area contributed by atoms with Gasteiger partial charge in [-0.05, 0) is 12.1 Å². The summed E-state index contributed by atoms with van der Waals surface area (Å²) in [7, 11) is 0. The second-order valence-electron chi connectivity index (χ2n) is 2.63. The smallest absolute Gasteiger partial charge is 0.308 e. The zero-order chi connectivity index (χ0) is 9.26. The lowest BCUT2D eigenvalue weighted by molar-refractivity contribution is -0.131. The van der Waals surface area contributed by atoms with E-state index in [0.717, 1.165) is 5.39 Å². The Morgan fingerprint density at radius 3 is 3.15 bits per heavy atom. The molecular formula is C9H7NO3. The van der Waals surface area contributed by atoms with Gasteiger partial charge in [0.25, 0.3) is 0 Å². The Hall–Kier alpha value is -1.84. The molecule has 1 heterocycles. The highest BCUT2D eigenvalue weighted by Gasteiger charge is 2.02. The second-order valence-corrected chi connectivity index (χ2v) is 2.63. The van der Waals surface area contributed by atoms with Gasteiger partial charge in [0, 0.05) is 18.4 Å². The monoisotopic (exact) mass is 177 g/mol. The number of hydrogen-bond acceptors (Lipinski definition) is 4. The van der Waals surface area contributed by atoms with Crippen LogP contribution in [0.1, 0.15) is 6.92 Å². The van der Waals surface area contributed by atoms with Gasteiger partial charge < -0.3 is 9.26 Å². The molecule has 0 atom stereocenters. The zero-order valence-corrected chi connectivity index (χ0v) is 6.98. The maximum atomic E-state index is 10.6. The van der Waals surface area contributed by atoms with E-state index in [1.54, 1.807) is 18.2 Å². The van der Waals surface area contributed by atoms with Crippen molar-refractivity contribution in [3.8, 4) is 5.75 Å². The Labute approximate surface area is 74.1 Å². The Morgan fingerprint density at radius 2 is 2.38 bits per heavy atom. The van der Waals surface area contributed by atoms with E-state index in [1.165, 1.54) is 13.2 Å². The minimum Gasteiger partial charge on any atom is -0.427 e. The molecule has 1 aromatic carbocycles. The predicted molar refractivity (Wildman–Crippen MR) is 45.3 cm³/mol. The van der Waals surface area contributed by atoms with Crippen molar-refractivity contribution in [2.24, 2.45) is 0 Å². The van der Waals surface area contributed by atoms with Crippen molar-refractivity contribution >= 4 is 16.9 Å². The van der Waals surface area contributed by atoms with Crippen LogP contribution in [0.4, 0.5) is 0 Å². The Balaban J connectivity index is 2.42. The molecule has 0 aliphatic heterocycles. The number of esters is 1. The summed E-state index contributed by atoms with van der Waals surface area (Å²) in [6, 6.07) is 5.13. The summed E-state index contributed by atoms with van der Waals surface area (Å²) in [5.41, 5.74) is 0.679. The number of benzene rings is 1. The maximum absolute atomic E-state index is 10.6. The first-order valence-electron chi connectivity index (χ1n) is 3.78. The molecule has 0 bridgehead atoms. The van der Waals surface area contributed by atoms with E-state index in [4.69, 9.17) is 9.26 Å². The molecule has 0 amide bonds. The first kappa shape index (κ1) is 7.79. The van der Waals surface area contributed by atoms with Gasteiger partial charge >= 0.3 is 5.97 Å². The molecule has 0 fully saturated rings. The second kappa shape index (κ2) is 2.90. The van der Waals surface area contributed by atoms with Crippen LogP contribution in [0.3, 0.4) is 0 Å². The highest BCUT2D eigenvalue weighted by molar-refractivity contribution is 5.80. The molecule has 4 nitrogen and oxygen atoms in total. The van der Waals surface area contributed by atoms with Crippen LogP contribution < -0.4 is 4.74 Å². The fraction of sp³-hybridized carbons (Fsp3) is 0.111. The number of carbonyl (C=O) groups excluding carboxylic acids is 1. The predicted octanol–water partition coefficient (Wildman–Crippen LogP) is 1.75. The SMILES string of the molecule is CC(=O)Oc1ccc2conc2c1. The highest BCUT2D eigenvalue weighted by atomic mass is 16.5. The third-order valence-corrected chi connectivity index (χ3v) is 1.59. The molecule has 2 rings (SSSR count). The molecule has 0 radical (unpaired) electrons. The molecule has 0 saturated heterocycles. The molecular weight excluding hydrogens is 170 g/mol. The van der Waals surface area contributed by atoms with Crippen LogP contribution in [0.2, 0.25) is 0 Å². The van der Waals surface area contributed by atoms with Crippen molar-refractivity contribution in [3.05, 3.63) is 24.5 Å². The lowest BCUT2D eigenvalue weighted by atomic mass is 10.2. The van der Waals surface area contributed by atoms with Crippen LogP contribution >= 0.6 is 0 Å². The lowest BCUT2D eigenvalue weighted by Crippen LogP contribution is -2.00. The summed E-state index contributed by atoms with van der Waals surface area (Å²) in [6.07, 6.45) is 1.53. The van der Waals surface area contributed by atoms with Crippen LogP contribution in [-0.2, 0) is 4.79 Å². The topological polar surface area (TPSA) is 52.3 Å². The van der Waals surface area contributed by atoms with Gasteiger partial charge in [-0.15, -0.1) is 0 Å². The molecule has 66 valence electrons. The minimum absolute atomic E-state index is 0.345. The van der Waals surface area contributed by atoms with Crippen molar-refractivity contribution in [2.45, 2.75) is 6.92 Å². The highest BCUT2D eigenvalue weighted by Crippen LogP contribution is 2.19. The number of ether oxygens (including phenoxy) is 1. The summed E-state index contributed by atoms with van der Waals surface area (Å²) in [5, 5.41) is 4.61. The Morgan fingerprint density at radius 1 is 1.54 bits per heavy atom. The van der Waals surface area contributed by atoms with Crippen LogP contribution in [0, 0.1) is 0 Å². The molecule has 1 aromatic heterocycles. The van der Waals surface area contributed by atoms with Crippen molar-refractivity contribution in [1.29, 1.82) is 0 Å². The third-order valence-electron chi connectivity index (χ3n) is 1.59. The first-order chi connectivity index (χ1) is 6.25. The number of carbonyl (C=O) groups is 1. The zero-order valence-electron chi connectivity index (χ0n) is 6.98. The fourth-order valence-electron chi connectivity index (χ4n) is 1.07. The number of hydrogen-bond donors (Lipinski definition) is 0. The number of nitrogens with zero attached hydrogens (tertiary/aromatic N) is 1. The fourth-order valence-corrected chi connectivity index (χ4v) is 1.07. The standard InChI is InChI=1S/C9H7NO3/c1-6(11)13-8-3-2-7-5-12-10-9(7)4-8/h2-5H,1H3. The molecule has 0 N–H and O–H groups in total. The Kier molecular flexibility index (Phi) is 1.73. The molecule has 0 saturated carbocycles. The van der Waals surface area contributed by atoms with E-state index in [0.29, 0.717) is 11.3 Å². The number of rotatable bonds is 1. The van der Waals surface area contributed by atoms with Gasteiger partial charge in [-0.3, -0.25) is 4.79 Å². The van der Waals surface area contributed by atoms with Crippen molar-refractivity contribution in [3.63, 3.8) is 0 Å². The minimum atomic E-state index is -0.345. The maximum Gasteiger partial charge on any atom is 0.308 e. The average molecular weight is 177 g/mol. The summed E-state index contributed by atoms with van der Waals surface area (Å²) < 4.78 is 9.61. The summed E-state index contributed by atoms with van der Waals surface area (Å²) in [6.45, 7) is 1.35. The quantitative estimate of drug-likeness (QED) is 0.492. The van der Waals surface area contributed by atoms with Gasteiger partial charge in [-0.1, -0.05) is 5.16 Å². The summed E-state index contributed by atoms with van der Waals surface area (Å²) >= 11 is 0. The molecule has 13 heavy (non-hydrogen) atoms. The van der Waals surface area contributed by atoms with E-state index in [1.807, 2.05) is 0 Å². The molecule has 0 unspecified atom stereocenters. The summed E-state index contributed by atoms with van der Waals surface area (Å²) in [4.78, 5) is 10.6. The van der Waals surface area contributed by atoms with Crippen molar-refractivity contribution in [1.82, 2.24) is 5.16 Å². The van der Waals surface area contributed by atoms with Gasteiger partial charge in [0.2, 0.25) is 0 Å². The van der Waals surface area contributed by atoms with E-state index >= 15 is 0 Å². The van der Waals surface area contributed by atoms with Gasteiger partial charge in [0.1, 0.15) is 17.5 Å². The van der Waals surface area contributed by atoms with Gasteiger partial charge in [-0.2, -0.15) is 0 Å². The lowest BCUT2D eigenvalue weighted by Gasteiger charge is -1.98. The van der Waals surface area contributed by atoms with E-state index < -0.39 is 0 Å². The molecule has 0 aliphatic carbocycles. The van der Waals surface area contributed by atoms with Crippen LogP contribution in [0.5, 0.6) is 5.75 Å². The van der Waals surface area contributed by atoms with Crippen LogP contribution in [0.25, 0.3) is 10.9 Å². The van der Waals surface area contributed by atoms with Crippen molar-refractivity contribution in [2.75, 3.05) is 0 Å². The molecule has 2 aromatic rings. The normalized spacial score (nSPS) is 10.2. The van der Waals surface area contributed by atoms with Gasteiger partial charge in [-0.25, -0.2) is 0 Å². The van der Waals surface area contributed by atoms with Gasteiger partial charge in [0.05, 0.1) is 0 Å². The third kappa shape index (κ3) is 1.51. The molecule has 4 heteroatoms. The largest absolute Gasteiger partial charge is 0.427 e. The van der Waals surface area contributed by atoms with Gasteiger partial charge in [0.15, 0.2) is 0 Å². The number of aromatic nitrogens is 1. The van der Waals surface area contributed by atoms with E-state index in [-0.39, 0.29) is 5.97 Å². The first-order valence-corrected chi connectivity index (χ1v) is 3.78. The van der Waals surface area contributed by atoms with E-state index in [2.05, 4.69) is 5.16 Å². The van der Waals surface area contributed by atoms with Crippen molar-refractivity contribution < 1.29 is 14.1 Å². The van der Waals surface area contributed by atoms with Crippen LogP contribution in [-0.4, -0.2) is 11.1 Å².